The van der Waals surface area contributed by atoms with Crippen molar-refractivity contribution in [1.29, 1.82) is 0 Å². The highest BCUT2D eigenvalue weighted by atomic mass is 14.8. The van der Waals surface area contributed by atoms with Gasteiger partial charge in [0.2, 0.25) is 0 Å². The fourth-order valence-electron chi connectivity index (χ4n) is 2.83. The smallest absolute Gasteiger partial charge is 0.0893 e. The minimum absolute atomic E-state index is 0.0364. The molecule has 114 valence electrons. The molecule has 0 aliphatic rings. The topological polar surface area (TPSA) is 25.8 Å². The van der Waals surface area contributed by atoms with Gasteiger partial charge in [0.1, 0.15) is 0 Å². The average Bonchev–Trinajstić information content (AvgIpc) is 2.45. The zero-order valence-corrected chi connectivity index (χ0v) is 14.3. The summed E-state index contributed by atoms with van der Waals surface area (Å²) in [5.74, 6) is 0. The number of benzene rings is 1. The largest absolute Gasteiger partial charge is 0.253 e. The molecule has 0 saturated heterocycles. The van der Waals surface area contributed by atoms with Crippen molar-refractivity contribution in [1.82, 2.24) is 9.97 Å². The van der Waals surface area contributed by atoms with Crippen LogP contribution < -0.4 is 0 Å². The van der Waals surface area contributed by atoms with Crippen LogP contribution in [0.3, 0.4) is 0 Å². The van der Waals surface area contributed by atoms with Crippen molar-refractivity contribution in [2.24, 2.45) is 0 Å². The zero-order chi connectivity index (χ0) is 15.7. The van der Waals surface area contributed by atoms with Crippen LogP contribution in [0.2, 0.25) is 0 Å². The van der Waals surface area contributed by atoms with E-state index in [2.05, 4.69) is 64.7 Å². The fraction of sp³-hybridized carbons (Fsp3) is 0.579. The predicted molar refractivity (Wildman–Crippen MR) is 90.8 cm³/mol. The molecule has 2 heteroatoms. The average molecular weight is 284 g/mol. The quantitative estimate of drug-likeness (QED) is 0.751. The molecule has 0 radical (unpaired) electrons. The lowest BCUT2D eigenvalue weighted by Gasteiger charge is -2.29. The molecule has 21 heavy (non-hydrogen) atoms. The second kappa shape index (κ2) is 5.75. The van der Waals surface area contributed by atoms with Crippen LogP contribution in [0.15, 0.2) is 24.4 Å². The van der Waals surface area contributed by atoms with Crippen LogP contribution in [0.5, 0.6) is 0 Å². The van der Waals surface area contributed by atoms with Gasteiger partial charge >= 0.3 is 0 Å². The third-order valence-corrected chi connectivity index (χ3v) is 4.59. The van der Waals surface area contributed by atoms with Gasteiger partial charge in [-0.25, -0.2) is 4.98 Å². The first-order valence-electron chi connectivity index (χ1n) is 8.08. The number of nitrogens with zero attached hydrogens (tertiary/aromatic N) is 2. The Bertz CT molecular complexity index is 625. The summed E-state index contributed by atoms with van der Waals surface area (Å²) in [5, 5.41) is 0. The van der Waals surface area contributed by atoms with Gasteiger partial charge in [0.25, 0.3) is 0 Å². The summed E-state index contributed by atoms with van der Waals surface area (Å²) >= 11 is 0. The van der Waals surface area contributed by atoms with Crippen molar-refractivity contribution < 1.29 is 0 Å². The first-order chi connectivity index (χ1) is 9.80. The summed E-state index contributed by atoms with van der Waals surface area (Å²) in [5.41, 5.74) is 4.73. The van der Waals surface area contributed by atoms with Gasteiger partial charge in [0, 0.05) is 11.6 Å². The van der Waals surface area contributed by atoms with Gasteiger partial charge in [-0.2, -0.15) is 0 Å². The maximum atomic E-state index is 4.85. The van der Waals surface area contributed by atoms with Crippen molar-refractivity contribution in [3.05, 3.63) is 35.7 Å². The third kappa shape index (κ3) is 3.25. The van der Waals surface area contributed by atoms with E-state index in [9.17, 15) is 0 Å². The predicted octanol–water partition coefficient (Wildman–Crippen LogP) is 5.40. The number of aromatic nitrogens is 2. The minimum atomic E-state index is 0.0364. The van der Waals surface area contributed by atoms with Gasteiger partial charge in [-0.05, 0) is 36.0 Å². The standard InChI is InChI=1S/C19H28N2/c1-7-11-19(6,8-2)14-9-10-15-16(12-14)21-17(13-20-15)18(3,4)5/h9-10,12-13H,7-8,11H2,1-6H3. The van der Waals surface area contributed by atoms with Crippen molar-refractivity contribution in [2.45, 2.75) is 71.6 Å². The highest BCUT2D eigenvalue weighted by molar-refractivity contribution is 5.75. The van der Waals surface area contributed by atoms with E-state index in [1.165, 1.54) is 18.4 Å². The molecular weight excluding hydrogens is 256 g/mol. The van der Waals surface area contributed by atoms with E-state index in [0.717, 1.165) is 23.1 Å². The number of hydrogen-bond donors (Lipinski definition) is 0. The number of rotatable bonds is 4. The summed E-state index contributed by atoms with van der Waals surface area (Å²) in [6.45, 7) is 13.4. The molecule has 1 atom stereocenters. The number of hydrogen-bond acceptors (Lipinski definition) is 2. The first-order valence-corrected chi connectivity index (χ1v) is 8.08. The minimum Gasteiger partial charge on any atom is -0.253 e. The van der Waals surface area contributed by atoms with Gasteiger partial charge < -0.3 is 0 Å². The molecule has 0 amide bonds. The first kappa shape index (κ1) is 15.9. The Balaban J connectivity index is 2.54. The molecule has 0 bridgehead atoms. The van der Waals surface area contributed by atoms with Gasteiger partial charge in [-0.15, -0.1) is 0 Å². The van der Waals surface area contributed by atoms with E-state index in [1.54, 1.807) is 0 Å². The van der Waals surface area contributed by atoms with Crippen LogP contribution in [0.4, 0.5) is 0 Å². The monoisotopic (exact) mass is 284 g/mol. The highest BCUT2D eigenvalue weighted by Crippen LogP contribution is 2.34. The van der Waals surface area contributed by atoms with E-state index < -0.39 is 0 Å². The van der Waals surface area contributed by atoms with Crippen LogP contribution in [-0.2, 0) is 10.8 Å². The summed E-state index contributed by atoms with van der Waals surface area (Å²) < 4.78 is 0. The molecule has 0 fully saturated rings. The Morgan fingerprint density at radius 3 is 2.29 bits per heavy atom. The van der Waals surface area contributed by atoms with E-state index in [-0.39, 0.29) is 10.8 Å². The van der Waals surface area contributed by atoms with Crippen LogP contribution in [0, 0.1) is 0 Å². The number of fused-ring (bicyclic) bond motifs is 1. The van der Waals surface area contributed by atoms with E-state index in [1.807, 2.05) is 6.20 Å². The lowest BCUT2D eigenvalue weighted by atomic mass is 9.76. The lowest BCUT2D eigenvalue weighted by Crippen LogP contribution is -2.20. The zero-order valence-electron chi connectivity index (χ0n) is 14.3. The summed E-state index contributed by atoms with van der Waals surface area (Å²) in [6, 6.07) is 6.59. The Hall–Kier alpha value is -1.44. The second-order valence-electron chi connectivity index (χ2n) is 7.37. The lowest BCUT2D eigenvalue weighted by molar-refractivity contribution is 0.414. The molecule has 0 spiro atoms. The molecular formula is C19H28N2. The summed E-state index contributed by atoms with van der Waals surface area (Å²) in [7, 11) is 0. The van der Waals surface area contributed by atoms with E-state index in [0.29, 0.717) is 0 Å². The fourth-order valence-corrected chi connectivity index (χ4v) is 2.83. The van der Waals surface area contributed by atoms with Gasteiger partial charge in [0.15, 0.2) is 0 Å². The molecule has 1 unspecified atom stereocenters. The van der Waals surface area contributed by atoms with Crippen LogP contribution in [0.25, 0.3) is 11.0 Å². The molecule has 1 heterocycles. The van der Waals surface area contributed by atoms with Crippen LogP contribution >= 0.6 is 0 Å². The Morgan fingerprint density at radius 2 is 1.71 bits per heavy atom. The third-order valence-electron chi connectivity index (χ3n) is 4.59. The van der Waals surface area contributed by atoms with E-state index in [4.69, 9.17) is 4.98 Å². The Labute approximate surface area is 129 Å². The molecule has 0 saturated carbocycles. The Morgan fingerprint density at radius 1 is 1.00 bits per heavy atom. The highest BCUT2D eigenvalue weighted by Gasteiger charge is 2.24. The normalized spacial score (nSPS) is 15.1. The van der Waals surface area contributed by atoms with Crippen molar-refractivity contribution in [2.75, 3.05) is 0 Å². The maximum Gasteiger partial charge on any atom is 0.0893 e. The molecule has 2 aromatic rings. The second-order valence-corrected chi connectivity index (χ2v) is 7.37. The van der Waals surface area contributed by atoms with Crippen molar-refractivity contribution in [3.8, 4) is 0 Å². The van der Waals surface area contributed by atoms with Crippen molar-refractivity contribution in [3.63, 3.8) is 0 Å². The summed E-state index contributed by atoms with van der Waals surface area (Å²) in [4.78, 5) is 9.43. The van der Waals surface area contributed by atoms with Gasteiger partial charge in [-0.3, -0.25) is 4.98 Å². The maximum absolute atomic E-state index is 4.85. The molecule has 0 N–H and O–H groups in total. The molecule has 2 rings (SSSR count). The van der Waals surface area contributed by atoms with Gasteiger partial charge in [-0.1, -0.05) is 54.0 Å². The molecule has 2 nitrogen and oxygen atoms in total. The summed E-state index contributed by atoms with van der Waals surface area (Å²) in [6.07, 6.45) is 5.48. The Kier molecular flexibility index (Phi) is 4.36. The van der Waals surface area contributed by atoms with E-state index >= 15 is 0 Å². The van der Waals surface area contributed by atoms with Crippen LogP contribution in [0.1, 0.15) is 72.1 Å². The molecule has 1 aromatic carbocycles. The molecule has 0 aliphatic carbocycles. The molecule has 1 aromatic heterocycles. The van der Waals surface area contributed by atoms with Gasteiger partial charge in [0.05, 0.1) is 16.7 Å². The SMILES string of the molecule is CCCC(C)(CC)c1ccc2ncc(C(C)(C)C)nc2c1. The van der Waals surface area contributed by atoms with Crippen LogP contribution in [-0.4, -0.2) is 9.97 Å². The molecule has 0 aliphatic heterocycles. The van der Waals surface area contributed by atoms with Crippen molar-refractivity contribution >= 4 is 11.0 Å².